The first kappa shape index (κ1) is 17.8. The van der Waals surface area contributed by atoms with Crippen LogP contribution in [0.5, 0.6) is 5.75 Å². The normalized spacial score (nSPS) is 10.4. The molecular formula is C18H18ClNO4. The highest BCUT2D eigenvalue weighted by Gasteiger charge is 2.11. The molecule has 0 atom stereocenters. The zero-order valence-corrected chi connectivity index (χ0v) is 14.4. The third kappa shape index (κ3) is 4.49. The van der Waals surface area contributed by atoms with E-state index in [1.807, 2.05) is 0 Å². The first-order valence-corrected chi connectivity index (χ1v) is 7.74. The molecule has 0 saturated heterocycles. The minimum absolute atomic E-state index is 0.184. The molecule has 2 aromatic rings. The van der Waals surface area contributed by atoms with Crippen molar-refractivity contribution in [1.29, 1.82) is 0 Å². The molecule has 1 N–H and O–H groups in total. The van der Waals surface area contributed by atoms with Gasteiger partial charge in [-0.1, -0.05) is 11.6 Å². The van der Waals surface area contributed by atoms with Gasteiger partial charge in [-0.2, -0.15) is 0 Å². The minimum atomic E-state index is -0.398. The first-order chi connectivity index (χ1) is 11.4. The van der Waals surface area contributed by atoms with Crippen LogP contribution in [0.1, 0.15) is 34.6 Å². The van der Waals surface area contributed by atoms with Crippen molar-refractivity contribution >= 4 is 29.2 Å². The van der Waals surface area contributed by atoms with Crippen molar-refractivity contribution in [2.45, 2.75) is 20.0 Å². The monoisotopic (exact) mass is 347 g/mol. The second-order valence-corrected chi connectivity index (χ2v) is 5.74. The molecule has 0 radical (unpaired) electrons. The molecule has 0 saturated carbocycles. The Morgan fingerprint density at radius 3 is 2.21 bits per heavy atom. The maximum atomic E-state index is 12.2. The summed E-state index contributed by atoms with van der Waals surface area (Å²) in [6.45, 7) is 3.57. The number of amides is 1. The van der Waals surface area contributed by atoms with Gasteiger partial charge in [0.05, 0.1) is 23.8 Å². The van der Waals surface area contributed by atoms with Crippen LogP contribution in [0.25, 0.3) is 0 Å². The molecular weight excluding hydrogens is 330 g/mol. The van der Waals surface area contributed by atoms with Crippen molar-refractivity contribution in [3.05, 3.63) is 58.6 Å². The van der Waals surface area contributed by atoms with Gasteiger partial charge in [-0.25, -0.2) is 4.79 Å². The van der Waals surface area contributed by atoms with E-state index in [4.69, 9.17) is 21.1 Å². The molecule has 0 heterocycles. The van der Waals surface area contributed by atoms with Crippen LogP contribution in [-0.4, -0.2) is 25.1 Å². The van der Waals surface area contributed by atoms with Gasteiger partial charge < -0.3 is 14.8 Å². The van der Waals surface area contributed by atoms with Crippen LogP contribution in [0.3, 0.4) is 0 Å². The number of esters is 1. The van der Waals surface area contributed by atoms with Gasteiger partial charge in [0.2, 0.25) is 0 Å². The Hall–Kier alpha value is -2.53. The number of rotatable bonds is 5. The summed E-state index contributed by atoms with van der Waals surface area (Å²) in [5.41, 5.74) is 1.39. The van der Waals surface area contributed by atoms with Gasteiger partial charge >= 0.3 is 5.97 Å². The molecule has 0 aromatic heterocycles. The Kier molecular flexibility index (Phi) is 5.82. The van der Waals surface area contributed by atoms with Crippen molar-refractivity contribution in [2.75, 3.05) is 12.4 Å². The second kappa shape index (κ2) is 7.84. The summed E-state index contributed by atoms with van der Waals surface area (Å²) >= 11 is 6.02. The average Bonchev–Trinajstić information content (AvgIpc) is 2.54. The number of carbonyl (C=O) groups is 2. The van der Waals surface area contributed by atoms with Crippen molar-refractivity contribution in [3.63, 3.8) is 0 Å². The van der Waals surface area contributed by atoms with Crippen molar-refractivity contribution in [2.24, 2.45) is 0 Å². The van der Waals surface area contributed by atoms with Crippen molar-refractivity contribution in [3.8, 4) is 5.75 Å². The first-order valence-electron chi connectivity index (χ1n) is 7.36. The third-order valence-electron chi connectivity index (χ3n) is 3.14. The van der Waals surface area contributed by atoms with Gasteiger partial charge in [0.25, 0.3) is 5.91 Å². The van der Waals surface area contributed by atoms with E-state index in [-0.39, 0.29) is 12.0 Å². The van der Waals surface area contributed by atoms with E-state index in [1.165, 1.54) is 13.2 Å². The predicted octanol–water partition coefficient (Wildman–Crippen LogP) is 4.17. The summed E-state index contributed by atoms with van der Waals surface area (Å²) in [5, 5.41) is 3.10. The quantitative estimate of drug-likeness (QED) is 0.824. The number of hydrogen-bond acceptors (Lipinski definition) is 4. The number of hydrogen-bond donors (Lipinski definition) is 1. The number of benzene rings is 2. The molecule has 0 bridgehead atoms. The molecule has 6 heteroatoms. The van der Waals surface area contributed by atoms with Crippen LogP contribution < -0.4 is 10.1 Å². The fourth-order valence-electron chi connectivity index (χ4n) is 1.98. The number of ether oxygens (including phenoxy) is 2. The van der Waals surface area contributed by atoms with Crippen LogP contribution >= 0.6 is 11.6 Å². The summed E-state index contributed by atoms with van der Waals surface area (Å²) in [6, 6.07) is 11.3. The molecule has 24 heavy (non-hydrogen) atoms. The number of anilines is 1. The molecule has 0 unspecified atom stereocenters. The zero-order chi connectivity index (χ0) is 17.7. The van der Waals surface area contributed by atoms with E-state index in [2.05, 4.69) is 5.32 Å². The Bertz CT molecular complexity index is 741. The maximum Gasteiger partial charge on any atom is 0.338 e. The zero-order valence-electron chi connectivity index (χ0n) is 13.6. The van der Waals surface area contributed by atoms with E-state index in [9.17, 15) is 9.59 Å². The van der Waals surface area contributed by atoms with Crippen molar-refractivity contribution < 1.29 is 19.1 Å². The lowest BCUT2D eigenvalue weighted by molar-refractivity contribution is 0.0378. The van der Waals surface area contributed by atoms with Crippen LogP contribution in [-0.2, 0) is 4.74 Å². The molecule has 0 spiro atoms. The fourth-order valence-corrected chi connectivity index (χ4v) is 2.24. The van der Waals surface area contributed by atoms with Gasteiger partial charge in [0.15, 0.2) is 0 Å². The standard InChI is InChI=1S/C18H18ClNO4/c1-11(2)24-18(22)12-4-7-14(8-5-12)20-17(21)13-6-9-16(23-3)15(19)10-13/h4-11H,1-3H3,(H,20,21). The summed E-state index contributed by atoms with van der Waals surface area (Å²) in [7, 11) is 1.51. The average molecular weight is 348 g/mol. The molecule has 126 valence electrons. The lowest BCUT2D eigenvalue weighted by atomic mass is 10.1. The number of halogens is 1. The Labute approximate surface area is 145 Å². The molecule has 0 aliphatic heterocycles. The molecule has 2 rings (SSSR count). The molecule has 1 amide bonds. The van der Waals surface area contributed by atoms with Gasteiger partial charge in [-0.3, -0.25) is 4.79 Å². The summed E-state index contributed by atoms with van der Waals surface area (Å²) in [4.78, 5) is 24.0. The lowest BCUT2D eigenvalue weighted by Crippen LogP contribution is -2.13. The second-order valence-electron chi connectivity index (χ2n) is 5.33. The number of nitrogens with one attached hydrogen (secondary N) is 1. The third-order valence-corrected chi connectivity index (χ3v) is 3.43. The summed E-state index contributed by atoms with van der Waals surface area (Å²) in [6.07, 6.45) is -0.184. The highest BCUT2D eigenvalue weighted by molar-refractivity contribution is 6.32. The molecule has 0 fully saturated rings. The highest BCUT2D eigenvalue weighted by Crippen LogP contribution is 2.25. The van der Waals surface area contributed by atoms with Gasteiger partial charge in [0, 0.05) is 11.3 Å². The number of methoxy groups -OCH3 is 1. The van der Waals surface area contributed by atoms with E-state index >= 15 is 0 Å². The van der Waals surface area contributed by atoms with Crippen molar-refractivity contribution in [1.82, 2.24) is 0 Å². The maximum absolute atomic E-state index is 12.2. The molecule has 0 aliphatic rings. The van der Waals surface area contributed by atoms with Gasteiger partial charge in [-0.15, -0.1) is 0 Å². The van der Waals surface area contributed by atoms with E-state index in [1.54, 1.807) is 50.2 Å². The summed E-state index contributed by atoms with van der Waals surface area (Å²) < 4.78 is 10.2. The van der Waals surface area contributed by atoms with Crippen LogP contribution in [0.4, 0.5) is 5.69 Å². The predicted molar refractivity (Wildman–Crippen MR) is 93.0 cm³/mol. The lowest BCUT2D eigenvalue weighted by Gasteiger charge is -2.09. The topological polar surface area (TPSA) is 64.6 Å². The minimum Gasteiger partial charge on any atom is -0.495 e. The fraction of sp³-hybridized carbons (Fsp3) is 0.222. The Balaban J connectivity index is 2.07. The Morgan fingerprint density at radius 2 is 1.67 bits per heavy atom. The van der Waals surface area contributed by atoms with Crippen LogP contribution in [0, 0.1) is 0 Å². The SMILES string of the molecule is COc1ccc(C(=O)Nc2ccc(C(=O)OC(C)C)cc2)cc1Cl. The van der Waals surface area contributed by atoms with E-state index in [0.29, 0.717) is 27.6 Å². The number of carbonyl (C=O) groups excluding carboxylic acids is 2. The van der Waals surface area contributed by atoms with Crippen LogP contribution in [0.15, 0.2) is 42.5 Å². The van der Waals surface area contributed by atoms with Crippen LogP contribution in [0.2, 0.25) is 5.02 Å². The van der Waals surface area contributed by atoms with Gasteiger partial charge in [-0.05, 0) is 56.3 Å². The summed E-state index contributed by atoms with van der Waals surface area (Å²) in [5.74, 6) is -0.205. The van der Waals surface area contributed by atoms with E-state index < -0.39 is 5.97 Å². The van der Waals surface area contributed by atoms with E-state index in [0.717, 1.165) is 0 Å². The Morgan fingerprint density at radius 1 is 1.04 bits per heavy atom. The largest absolute Gasteiger partial charge is 0.495 e. The molecule has 0 aliphatic carbocycles. The molecule has 2 aromatic carbocycles. The highest BCUT2D eigenvalue weighted by atomic mass is 35.5. The van der Waals surface area contributed by atoms with Gasteiger partial charge in [0.1, 0.15) is 5.75 Å². The smallest absolute Gasteiger partial charge is 0.338 e. The molecule has 5 nitrogen and oxygen atoms in total.